The first-order valence-corrected chi connectivity index (χ1v) is 9.71. The van der Waals surface area contributed by atoms with Crippen molar-refractivity contribution in [3.63, 3.8) is 0 Å². The highest BCUT2D eigenvalue weighted by Crippen LogP contribution is 2.25. The fraction of sp³-hybridized carbons (Fsp3) is 0.333. The quantitative estimate of drug-likeness (QED) is 0.624. The van der Waals surface area contributed by atoms with E-state index >= 15 is 0 Å². The Labute approximate surface area is 166 Å². The molecular weight excluding hydrogens is 386 g/mol. The van der Waals surface area contributed by atoms with Crippen LogP contribution >= 0.6 is 23.4 Å². The highest BCUT2D eigenvalue weighted by molar-refractivity contribution is 7.99. The first kappa shape index (κ1) is 19.4. The van der Waals surface area contributed by atoms with Gasteiger partial charge in [0.05, 0.1) is 18.5 Å². The number of anilines is 1. The molecule has 1 amide bonds. The number of rotatable bonds is 6. The van der Waals surface area contributed by atoms with Gasteiger partial charge in [0, 0.05) is 16.5 Å². The van der Waals surface area contributed by atoms with Gasteiger partial charge < -0.3 is 9.73 Å². The van der Waals surface area contributed by atoms with E-state index in [2.05, 4.69) is 20.6 Å². The highest BCUT2D eigenvalue weighted by atomic mass is 35.5. The Bertz CT molecular complexity index is 932. The van der Waals surface area contributed by atoms with Crippen molar-refractivity contribution in [3.05, 3.63) is 53.0 Å². The smallest absolute Gasteiger partial charge is 0.277 e. The first-order chi connectivity index (χ1) is 12.8. The summed E-state index contributed by atoms with van der Waals surface area (Å²) in [5.41, 5.74) is 0.701. The van der Waals surface area contributed by atoms with E-state index in [9.17, 15) is 4.79 Å². The van der Waals surface area contributed by atoms with Gasteiger partial charge in [0.25, 0.3) is 5.22 Å². The van der Waals surface area contributed by atoms with Gasteiger partial charge in [-0.15, -0.1) is 10.2 Å². The van der Waals surface area contributed by atoms with Crippen LogP contribution in [0.1, 0.15) is 32.2 Å². The SMILES string of the molecule is CC(C)(C)c1nnc(SCC(=O)Nc2ccnn2Cc2ccccc2Cl)o1. The van der Waals surface area contributed by atoms with Crippen molar-refractivity contribution in [3.8, 4) is 0 Å². The second-order valence-corrected chi connectivity index (χ2v) is 8.26. The maximum absolute atomic E-state index is 12.3. The van der Waals surface area contributed by atoms with Gasteiger partial charge in [-0.25, -0.2) is 4.68 Å². The molecule has 1 N–H and O–H groups in total. The van der Waals surface area contributed by atoms with E-state index in [0.29, 0.717) is 28.5 Å². The van der Waals surface area contributed by atoms with Crippen molar-refractivity contribution >= 4 is 35.1 Å². The third-order valence-corrected chi connectivity index (χ3v) is 4.82. The summed E-state index contributed by atoms with van der Waals surface area (Å²) >= 11 is 7.39. The Morgan fingerprint density at radius 3 is 2.74 bits per heavy atom. The summed E-state index contributed by atoms with van der Waals surface area (Å²) in [5, 5.41) is 16.1. The van der Waals surface area contributed by atoms with E-state index in [0.717, 1.165) is 5.56 Å². The summed E-state index contributed by atoms with van der Waals surface area (Å²) in [6, 6.07) is 9.27. The van der Waals surface area contributed by atoms with E-state index in [1.54, 1.807) is 16.9 Å². The number of benzene rings is 1. The number of thioether (sulfide) groups is 1. The van der Waals surface area contributed by atoms with E-state index in [4.69, 9.17) is 16.0 Å². The molecule has 0 aliphatic heterocycles. The number of aromatic nitrogens is 4. The number of carbonyl (C=O) groups excluding carboxylic acids is 1. The van der Waals surface area contributed by atoms with Crippen molar-refractivity contribution in [1.29, 1.82) is 0 Å². The lowest BCUT2D eigenvalue weighted by molar-refractivity contribution is -0.113. The van der Waals surface area contributed by atoms with Crippen LogP contribution in [0.2, 0.25) is 5.02 Å². The lowest BCUT2D eigenvalue weighted by Gasteiger charge is -2.11. The van der Waals surface area contributed by atoms with Gasteiger partial charge >= 0.3 is 0 Å². The van der Waals surface area contributed by atoms with Crippen LogP contribution in [0.3, 0.4) is 0 Å². The number of hydrogen-bond donors (Lipinski definition) is 1. The summed E-state index contributed by atoms with van der Waals surface area (Å²) in [4.78, 5) is 12.3. The van der Waals surface area contributed by atoms with Crippen LogP contribution in [0.15, 0.2) is 46.2 Å². The van der Waals surface area contributed by atoms with Crippen LogP contribution in [0.4, 0.5) is 5.82 Å². The molecule has 2 heterocycles. The van der Waals surface area contributed by atoms with E-state index in [1.807, 2.05) is 45.0 Å². The normalized spacial score (nSPS) is 11.6. The maximum atomic E-state index is 12.3. The molecule has 3 rings (SSSR count). The molecule has 9 heteroatoms. The van der Waals surface area contributed by atoms with Crippen LogP contribution in [-0.4, -0.2) is 31.6 Å². The van der Waals surface area contributed by atoms with Crippen LogP contribution in [0.5, 0.6) is 0 Å². The average molecular weight is 406 g/mol. The van der Waals surface area contributed by atoms with Gasteiger partial charge in [0.1, 0.15) is 5.82 Å². The molecule has 0 radical (unpaired) electrons. The Kier molecular flexibility index (Phi) is 5.86. The molecular formula is C18H20ClN5O2S. The molecule has 3 aromatic rings. The largest absolute Gasteiger partial charge is 0.415 e. The van der Waals surface area contributed by atoms with Crippen LogP contribution in [-0.2, 0) is 16.8 Å². The number of halogens is 1. The molecule has 0 spiro atoms. The molecule has 1 aromatic carbocycles. The van der Waals surface area contributed by atoms with Gasteiger partial charge in [0.15, 0.2) is 0 Å². The number of nitrogens with one attached hydrogen (secondary N) is 1. The third-order valence-electron chi connectivity index (χ3n) is 3.64. The monoisotopic (exact) mass is 405 g/mol. The van der Waals surface area contributed by atoms with E-state index < -0.39 is 0 Å². The third kappa shape index (κ3) is 5.11. The van der Waals surface area contributed by atoms with Gasteiger partial charge in [-0.1, -0.05) is 62.3 Å². The summed E-state index contributed by atoms with van der Waals surface area (Å²) in [5.74, 6) is 1.12. The fourth-order valence-corrected chi connectivity index (χ4v) is 2.99. The number of nitrogens with zero attached hydrogens (tertiary/aromatic N) is 4. The first-order valence-electron chi connectivity index (χ1n) is 8.35. The van der Waals surface area contributed by atoms with Gasteiger partial charge in [-0.2, -0.15) is 5.10 Å². The topological polar surface area (TPSA) is 85.8 Å². The molecule has 0 unspecified atom stereocenters. The molecule has 142 valence electrons. The fourth-order valence-electron chi connectivity index (χ4n) is 2.23. The Balaban J connectivity index is 1.58. The Morgan fingerprint density at radius 2 is 2.04 bits per heavy atom. The van der Waals surface area contributed by atoms with Crippen molar-refractivity contribution in [2.24, 2.45) is 0 Å². The molecule has 0 aliphatic carbocycles. The minimum Gasteiger partial charge on any atom is -0.415 e. The molecule has 2 aromatic heterocycles. The van der Waals surface area contributed by atoms with Gasteiger partial charge in [-0.05, 0) is 11.6 Å². The molecule has 0 saturated heterocycles. The maximum Gasteiger partial charge on any atom is 0.277 e. The second kappa shape index (κ2) is 8.14. The predicted molar refractivity (Wildman–Crippen MR) is 105 cm³/mol. The summed E-state index contributed by atoms with van der Waals surface area (Å²) < 4.78 is 7.27. The van der Waals surface area contributed by atoms with Crippen molar-refractivity contribution in [2.75, 3.05) is 11.1 Å². The number of amides is 1. The van der Waals surface area contributed by atoms with Crippen LogP contribution in [0.25, 0.3) is 0 Å². The molecule has 0 saturated carbocycles. The number of hydrogen-bond acceptors (Lipinski definition) is 6. The van der Waals surface area contributed by atoms with Gasteiger partial charge in [-0.3, -0.25) is 4.79 Å². The minimum absolute atomic E-state index is 0.156. The van der Waals surface area contributed by atoms with Crippen LogP contribution in [0, 0.1) is 0 Å². The minimum atomic E-state index is -0.223. The Hall–Kier alpha value is -2.32. The summed E-state index contributed by atoms with van der Waals surface area (Å²) in [6.07, 6.45) is 1.63. The molecule has 0 fully saturated rings. The molecule has 0 aliphatic rings. The van der Waals surface area contributed by atoms with Crippen LogP contribution < -0.4 is 5.32 Å². The van der Waals surface area contributed by atoms with E-state index in [1.165, 1.54) is 11.8 Å². The summed E-state index contributed by atoms with van der Waals surface area (Å²) in [6.45, 7) is 6.43. The molecule has 7 nitrogen and oxygen atoms in total. The molecule has 27 heavy (non-hydrogen) atoms. The van der Waals surface area contributed by atoms with E-state index in [-0.39, 0.29) is 17.1 Å². The lowest BCUT2D eigenvalue weighted by atomic mass is 9.97. The standard InChI is InChI=1S/C18H20ClN5O2S/c1-18(2,3)16-22-23-17(26-16)27-11-15(25)21-14-8-9-20-24(14)10-12-6-4-5-7-13(12)19/h4-9H,10-11H2,1-3H3,(H,21,25). The van der Waals surface area contributed by atoms with Crippen molar-refractivity contribution < 1.29 is 9.21 Å². The molecule has 0 bridgehead atoms. The van der Waals surface area contributed by atoms with Gasteiger partial charge in [0.2, 0.25) is 11.8 Å². The highest BCUT2D eigenvalue weighted by Gasteiger charge is 2.22. The zero-order valence-electron chi connectivity index (χ0n) is 15.3. The summed E-state index contributed by atoms with van der Waals surface area (Å²) in [7, 11) is 0. The zero-order chi connectivity index (χ0) is 19.4. The second-order valence-electron chi connectivity index (χ2n) is 6.93. The Morgan fingerprint density at radius 1 is 1.26 bits per heavy atom. The van der Waals surface area contributed by atoms with Crippen molar-refractivity contribution in [1.82, 2.24) is 20.0 Å². The number of carbonyl (C=O) groups is 1. The van der Waals surface area contributed by atoms with Crippen molar-refractivity contribution in [2.45, 2.75) is 38.0 Å². The average Bonchev–Trinajstić information content (AvgIpc) is 3.25. The predicted octanol–water partition coefficient (Wildman–Crippen LogP) is 4.00. The lowest BCUT2D eigenvalue weighted by Crippen LogP contribution is -2.18. The molecule has 0 atom stereocenters. The zero-order valence-corrected chi connectivity index (χ0v) is 16.8.